The number of hydrogen-bond acceptors (Lipinski definition) is 7. The first-order valence-electron chi connectivity index (χ1n) is 14.5. The normalized spacial score (nSPS) is 33.7. The molecule has 8 heteroatoms. The zero-order valence-electron chi connectivity index (χ0n) is 22.0. The van der Waals surface area contributed by atoms with Crippen LogP contribution in [0.4, 0.5) is 5.69 Å². The van der Waals surface area contributed by atoms with E-state index < -0.39 is 42.3 Å². The van der Waals surface area contributed by atoms with E-state index in [4.69, 9.17) is 28.4 Å². The van der Waals surface area contributed by atoms with Crippen LogP contribution in [0.1, 0.15) is 90.4 Å². The smallest absolute Gasteiger partial charge is 0.256 e. The van der Waals surface area contributed by atoms with E-state index >= 15 is 0 Å². The van der Waals surface area contributed by atoms with Crippen molar-refractivity contribution >= 4 is 11.6 Å². The second-order valence-electron chi connectivity index (χ2n) is 11.3. The molecular formula is C29H41NO7. The van der Waals surface area contributed by atoms with Crippen molar-refractivity contribution < 1.29 is 33.2 Å². The molecule has 2 saturated carbocycles. The number of carbonyl (C=O) groups excluding carboxylic acids is 1. The Morgan fingerprint density at radius 2 is 1.46 bits per heavy atom. The summed E-state index contributed by atoms with van der Waals surface area (Å²) in [4.78, 5) is 13.6. The van der Waals surface area contributed by atoms with Gasteiger partial charge in [-0.15, -0.1) is 0 Å². The SMILES string of the molecule is CCCCCOc1ccc(NC(=O)[C@H]2O[C@H]3OC4(CCCCC4)O[C@@H]3[C@@H]3OC4(CCCCC4)O[C@H]32)cc1. The van der Waals surface area contributed by atoms with Crippen molar-refractivity contribution in [2.75, 3.05) is 11.9 Å². The number of fused-ring (bicyclic) bond motifs is 3. The van der Waals surface area contributed by atoms with Gasteiger partial charge >= 0.3 is 0 Å². The molecular weight excluding hydrogens is 474 g/mol. The molecule has 0 bridgehead atoms. The van der Waals surface area contributed by atoms with Gasteiger partial charge in [-0.2, -0.15) is 0 Å². The Kier molecular flexibility index (Phi) is 7.47. The zero-order valence-corrected chi connectivity index (χ0v) is 22.0. The maximum Gasteiger partial charge on any atom is 0.256 e. The molecule has 1 aromatic carbocycles. The molecule has 3 saturated heterocycles. The molecule has 2 aliphatic carbocycles. The molecule has 0 aromatic heterocycles. The van der Waals surface area contributed by atoms with Crippen LogP contribution in [0.15, 0.2) is 24.3 Å². The van der Waals surface area contributed by atoms with Crippen molar-refractivity contribution in [3.05, 3.63) is 24.3 Å². The van der Waals surface area contributed by atoms with E-state index in [1.807, 2.05) is 24.3 Å². The molecule has 5 fully saturated rings. The first kappa shape index (κ1) is 25.6. The van der Waals surface area contributed by atoms with Gasteiger partial charge in [-0.05, 0) is 56.4 Å². The fraction of sp³-hybridized carbons (Fsp3) is 0.759. The highest BCUT2D eigenvalue weighted by Crippen LogP contribution is 2.51. The Morgan fingerprint density at radius 3 is 2.14 bits per heavy atom. The van der Waals surface area contributed by atoms with Crippen LogP contribution in [0, 0.1) is 0 Å². The Hall–Kier alpha value is -1.71. The highest BCUT2D eigenvalue weighted by Gasteiger charge is 2.65. The second-order valence-corrected chi connectivity index (χ2v) is 11.3. The fourth-order valence-electron chi connectivity index (χ4n) is 6.56. The predicted octanol–water partition coefficient (Wildman–Crippen LogP) is 5.44. The highest BCUT2D eigenvalue weighted by molar-refractivity contribution is 5.94. The third kappa shape index (κ3) is 5.28. The summed E-state index contributed by atoms with van der Waals surface area (Å²) in [6.45, 7) is 2.87. The molecule has 0 radical (unpaired) electrons. The van der Waals surface area contributed by atoms with Crippen molar-refractivity contribution in [2.24, 2.45) is 0 Å². The maximum absolute atomic E-state index is 13.6. The number of carbonyl (C=O) groups is 1. The molecule has 3 heterocycles. The second kappa shape index (κ2) is 10.8. The molecule has 2 spiro atoms. The average molecular weight is 516 g/mol. The van der Waals surface area contributed by atoms with Crippen molar-refractivity contribution in [2.45, 2.75) is 133 Å². The molecule has 0 unspecified atom stereocenters. The van der Waals surface area contributed by atoms with Gasteiger partial charge in [0.2, 0.25) is 0 Å². The number of unbranched alkanes of at least 4 members (excludes halogenated alkanes) is 2. The highest BCUT2D eigenvalue weighted by atomic mass is 16.9. The molecule has 5 atom stereocenters. The van der Waals surface area contributed by atoms with Gasteiger partial charge in [-0.1, -0.05) is 32.6 Å². The van der Waals surface area contributed by atoms with E-state index in [1.165, 1.54) is 12.8 Å². The molecule has 1 aromatic rings. The third-order valence-electron chi connectivity index (χ3n) is 8.51. The first-order chi connectivity index (χ1) is 18.1. The summed E-state index contributed by atoms with van der Waals surface area (Å²) in [6.07, 6.45) is 10.5. The predicted molar refractivity (Wildman–Crippen MR) is 136 cm³/mol. The molecule has 204 valence electrons. The van der Waals surface area contributed by atoms with Gasteiger partial charge in [0.25, 0.3) is 5.91 Å². The van der Waals surface area contributed by atoms with Crippen molar-refractivity contribution in [1.29, 1.82) is 0 Å². The summed E-state index contributed by atoms with van der Waals surface area (Å²) in [5.41, 5.74) is 0.687. The summed E-state index contributed by atoms with van der Waals surface area (Å²) in [5, 5.41) is 3.02. The molecule has 1 amide bonds. The molecule has 5 aliphatic rings. The van der Waals surface area contributed by atoms with Gasteiger partial charge in [0, 0.05) is 31.4 Å². The number of benzene rings is 1. The summed E-state index contributed by atoms with van der Waals surface area (Å²) >= 11 is 0. The lowest BCUT2D eigenvalue weighted by Gasteiger charge is -2.36. The first-order valence-corrected chi connectivity index (χ1v) is 14.5. The van der Waals surface area contributed by atoms with Crippen LogP contribution in [-0.4, -0.2) is 54.8 Å². The number of nitrogens with one attached hydrogen (secondary N) is 1. The van der Waals surface area contributed by atoms with Gasteiger partial charge in [0.05, 0.1) is 6.61 Å². The Labute approximate surface area is 219 Å². The Morgan fingerprint density at radius 1 is 0.838 bits per heavy atom. The molecule has 6 rings (SSSR count). The maximum atomic E-state index is 13.6. The minimum Gasteiger partial charge on any atom is -0.494 e. The van der Waals surface area contributed by atoms with Crippen molar-refractivity contribution in [3.8, 4) is 5.75 Å². The number of rotatable bonds is 7. The minimum absolute atomic E-state index is 0.255. The largest absolute Gasteiger partial charge is 0.494 e. The lowest BCUT2D eigenvalue weighted by Crippen LogP contribution is -2.58. The van der Waals surface area contributed by atoms with Crippen LogP contribution in [0.3, 0.4) is 0 Å². The van der Waals surface area contributed by atoms with E-state index in [0.29, 0.717) is 12.3 Å². The van der Waals surface area contributed by atoms with Crippen molar-refractivity contribution in [3.63, 3.8) is 0 Å². The standard InChI is InChI=1S/C29H41NO7/c1-2-3-10-19-32-21-13-11-20(12-14-21)30-26(31)24-22-23(35-28(34-22)15-6-4-7-16-28)25-27(33-24)37-29(36-25)17-8-5-9-18-29/h11-14,22-25,27H,2-10,15-19H2,1H3,(H,30,31)/t22-,23-,24+,25-,27+/m1/s1. The number of hydrogen-bond donors (Lipinski definition) is 1. The van der Waals surface area contributed by atoms with Crippen molar-refractivity contribution in [1.82, 2.24) is 0 Å². The Balaban J connectivity index is 1.16. The minimum atomic E-state index is -0.847. The van der Waals surface area contributed by atoms with Crippen LogP contribution >= 0.6 is 0 Å². The lowest BCUT2D eigenvalue weighted by molar-refractivity contribution is -0.246. The molecule has 1 N–H and O–H groups in total. The van der Waals surface area contributed by atoms with Crippen LogP contribution in [0.2, 0.25) is 0 Å². The molecule has 3 aliphatic heterocycles. The van der Waals surface area contributed by atoms with Gasteiger partial charge in [-0.25, -0.2) is 0 Å². The number of amides is 1. The topological polar surface area (TPSA) is 84.5 Å². The summed E-state index contributed by atoms with van der Waals surface area (Å²) in [6, 6.07) is 7.48. The van der Waals surface area contributed by atoms with E-state index in [-0.39, 0.29) is 5.91 Å². The van der Waals surface area contributed by atoms with Crippen LogP contribution in [0.25, 0.3) is 0 Å². The van der Waals surface area contributed by atoms with E-state index in [0.717, 1.165) is 76.4 Å². The van der Waals surface area contributed by atoms with Gasteiger partial charge < -0.3 is 33.7 Å². The summed E-state index contributed by atoms with van der Waals surface area (Å²) in [7, 11) is 0. The van der Waals surface area contributed by atoms with Gasteiger partial charge in [0.15, 0.2) is 24.0 Å². The third-order valence-corrected chi connectivity index (χ3v) is 8.51. The number of ether oxygens (including phenoxy) is 6. The lowest BCUT2D eigenvalue weighted by atomic mass is 9.94. The van der Waals surface area contributed by atoms with Crippen LogP contribution in [0.5, 0.6) is 5.75 Å². The molecule has 8 nitrogen and oxygen atoms in total. The van der Waals surface area contributed by atoms with E-state index in [2.05, 4.69) is 12.2 Å². The average Bonchev–Trinajstić information content (AvgIpc) is 3.45. The Bertz CT molecular complexity index is 925. The molecule has 37 heavy (non-hydrogen) atoms. The summed E-state index contributed by atoms with van der Waals surface area (Å²) in [5.74, 6) is -0.753. The monoisotopic (exact) mass is 515 g/mol. The summed E-state index contributed by atoms with van der Waals surface area (Å²) < 4.78 is 38.3. The van der Waals surface area contributed by atoms with Crippen LogP contribution in [-0.2, 0) is 28.5 Å². The van der Waals surface area contributed by atoms with E-state index in [1.54, 1.807) is 0 Å². The van der Waals surface area contributed by atoms with Gasteiger partial charge in [0.1, 0.15) is 24.1 Å². The van der Waals surface area contributed by atoms with E-state index in [9.17, 15) is 4.79 Å². The van der Waals surface area contributed by atoms with Crippen LogP contribution < -0.4 is 10.1 Å². The fourth-order valence-corrected chi connectivity index (χ4v) is 6.56. The zero-order chi connectivity index (χ0) is 25.3. The van der Waals surface area contributed by atoms with Gasteiger partial charge in [-0.3, -0.25) is 4.79 Å². The quantitative estimate of drug-likeness (QED) is 0.484. The number of anilines is 1.